The zero-order valence-electron chi connectivity index (χ0n) is 9.03. The highest BCUT2D eigenvalue weighted by atomic mass is 79.9. The largest absolute Gasteiger partial charge is 0.477 e. The predicted octanol–water partition coefficient (Wildman–Crippen LogP) is 2.39. The first-order chi connectivity index (χ1) is 7.54. The Balaban J connectivity index is 2.98. The van der Waals surface area contributed by atoms with Crippen LogP contribution in [0.2, 0.25) is 0 Å². The lowest BCUT2D eigenvalue weighted by atomic mass is 10.0. The topological polar surface area (TPSA) is 58.9 Å². The molecule has 0 aliphatic rings. The van der Waals surface area contributed by atoms with E-state index in [-0.39, 0.29) is 12.1 Å². The molecule has 0 bridgehead atoms. The monoisotopic (exact) mass is 285 g/mol. The van der Waals surface area contributed by atoms with Crippen LogP contribution in [0.15, 0.2) is 27.8 Å². The van der Waals surface area contributed by atoms with Gasteiger partial charge in [-0.1, -0.05) is 27.2 Å². The van der Waals surface area contributed by atoms with Crippen molar-refractivity contribution in [3.05, 3.63) is 33.8 Å². The number of benzene rings is 1. The van der Waals surface area contributed by atoms with Crippen LogP contribution in [0.25, 0.3) is 0 Å². The van der Waals surface area contributed by atoms with Gasteiger partial charge in [0.2, 0.25) is 0 Å². The van der Waals surface area contributed by atoms with E-state index in [9.17, 15) is 4.79 Å². The van der Waals surface area contributed by atoms with Crippen LogP contribution in [-0.2, 0) is 16.1 Å². The standard InChI is InChI=1S/C11H12BrNO3/c1-7-3-4-9(12)5-8(7)6-10(11(14)15)13-16-2/h3-5H,6H2,1-2H3,(H,14,15)/b13-10+. The molecule has 0 aliphatic carbocycles. The van der Waals surface area contributed by atoms with Gasteiger partial charge in [0.15, 0.2) is 5.71 Å². The average Bonchev–Trinajstić information content (AvgIpc) is 2.22. The molecule has 1 rings (SSSR count). The molecule has 0 unspecified atom stereocenters. The number of rotatable bonds is 4. The van der Waals surface area contributed by atoms with E-state index in [0.717, 1.165) is 15.6 Å². The van der Waals surface area contributed by atoms with Crippen molar-refractivity contribution in [3.8, 4) is 0 Å². The van der Waals surface area contributed by atoms with Crippen LogP contribution in [0.4, 0.5) is 0 Å². The summed E-state index contributed by atoms with van der Waals surface area (Å²) in [4.78, 5) is 15.4. The maximum atomic E-state index is 10.9. The molecule has 0 radical (unpaired) electrons. The quantitative estimate of drug-likeness (QED) is 0.683. The normalized spacial score (nSPS) is 11.3. The van der Waals surface area contributed by atoms with Crippen molar-refractivity contribution < 1.29 is 14.7 Å². The number of hydrogen-bond acceptors (Lipinski definition) is 3. The maximum absolute atomic E-state index is 10.9. The molecule has 16 heavy (non-hydrogen) atoms. The van der Waals surface area contributed by atoms with Gasteiger partial charge in [-0.05, 0) is 30.2 Å². The molecule has 1 N–H and O–H groups in total. The minimum atomic E-state index is -1.07. The summed E-state index contributed by atoms with van der Waals surface area (Å²) in [6, 6.07) is 5.71. The number of halogens is 1. The first-order valence-electron chi connectivity index (χ1n) is 4.63. The van der Waals surface area contributed by atoms with Crippen LogP contribution in [0.3, 0.4) is 0 Å². The second-order valence-electron chi connectivity index (χ2n) is 3.27. The lowest BCUT2D eigenvalue weighted by molar-refractivity contribution is -0.129. The Morgan fingerprint density at radius 2 is 2.25 bits per heavy atom. The third kappa shape index (κ3) is 3.34. The van der Waals surface area contributed by atoms with E-state index in [1.54, 1.807) is 0 Å². The summed E-state index contributed by atoms with van der Waals surface area (Å²) in [5.41, 5.74) is 1.92. The molecule has 0 aliphatic heterocycles. The third-order valence-electron chi connectivity index (χ3n) is 2.12. The third-order valence-corrected chi connectivity index (χ3v) is 2.61. The number of carbonyl (C=O) groups is 1. The minimum absolute atomic E-state index is 0.0105. The fourth-order valence-corrected chi connectivity index (χ4v) is 1.68. The van der Waals surface area contributed by atoms with Crippen LogP contribution >= 0.6 is 15.9 Å². The molecule has 0 saturated carbocycles. The van der Waals surface area contributed by atoms with Gasteiger partial charge in [-0.25, -0.2) is 4.79 Å². The molecule has 0 aromatic heterocycles. The van der Waals surface area contributed by atoms with Crippen molar-refractivity contribution in [1.29, 1.82) is 0 Å². The molecule has 0 heterocycles. The number of carboxylic acids is 1. The Morgan fingerprint density at radius 1 is 1.56 bits per heavy atom. The maximum Gasteiger partial charge on any atom is 0.354 e. The summed E-state index contributed by atoms with van der Waals surface area (Å²) in [6.07, 6.45) is 0.244. The van der Waals surface area contributed by atoms with Crippen LogP contribution in [0.1, 0.15) is 11.1 Å². The van der Waals surface area contributed by atoms with E-state index in [2.05, 4.69) is 25.9 Å². The summed E-state index contributed by atoms with van der Waals surface area (Å²) in [5.74, 6) is -1.07. The predicted molar refractivity (Wildman–Crippen MR) is 64.7 cm³/mol. The van der Waals surface area contributed by atoms with E-state index in [1.165, 1.54) is 7.11 Å². The Morgan fingerprint density at radius 3 is 2.81 bits per heavy atom. The number of aryl methyl sites for hydroxylation is 1. The summed E-state index contributed by atoms with van der Waals surface area (Å²) in [7, 11) is 1.33. The minimum Gasteiger partial charge on any atom is -0.477 e. The molecule has 0 atom stereocenters. The van der Waals surface area contributed by atoms with Crippen molar-refractivity contribution in [2.75, 3.05) is 7.11 Å². The Labute approximate surface area is 102 Å². The Bertz CT molecular complexity index is 429. The van der Waals surface area contributed by atoms with Crippen molar-refractivity contribution in [2.45, 2.75) is 13.3 Å². The zero-order chi connectivity index (χ0) is 12.1. The molecule has 1 aromatic carbocycles. The summed E-state index contributed by atoms with van der Waals surface area (Å²) in [6.45, 7) is 1.92. The van der Waals surface area contributed by atoms with Gasteiger partial charge in [0.05, 0.1) is 0 Å². The highest BCUT2D eigenvalue weighted by molar-refractivity contribution is 9.10. The van der Waals surface area contributed by atoms with Gasteiger partial charge >= 0.3 is 5.97 Å². The van der Waals surface area contributed by atoms with E-state index >= 15 is 0 Å². The molecule has 86 valence electrons. The second kappa shape index (κ2) is 5.65. The zero-order valence-corrected chi connectivity index (χ0v) is 10.6. The van der Waals surface area contributed by atoms with E-state index in [4.69, 9.17) is 5.11 Å². The van der Waals surface area contributed by atoms with Crippen LogP contribution in [0, 0.1) is 6.92 Å². The fraction of sp³-hybridized carbons (Fsp3) is 0.273. The molecular formula is C11H12BrNO3. The molecular weight excluding hydrogens is 274 g/mol. The number of oxime groups is 1. The molecule has 0 amide bonds. The molecule has 1 aromatic rings. The molecule has 0 fully saturated rings. The van der Waals surface area contributed by atoms with Crippen LogP contribution in [0.5, 0.6) is 0 Å². The first-order valence-corrected chi connectivity index (χ1v) is 5.42. The van der Waals surface area contributed by atoms with Gasteiger partial charge in [-0.2, -0.15) is 0 Å². The van der Waals surface area contributed by atoms with E-state index in [1.807, 2.05) is 25.1 Å². The molecule has 0 saturated heterocycles. The lowest BCUT2D eigenvalue weighted by Gasteiger charge is -2.06. The van der Waals surface area contributed by atoms with Gasteiger partial charge in [0.1, 0.15) is 7.11 Å². The van der Waals surface area contributed by atoms with Gasteiger partial charge in [-0.15, -0.1) is 0 Å². The van der Waals surface area contributed by atoms with Gasteiger partial charge in [0, 0.05) is 10.9 Å². The summed E-state index contributed by atoms with van der Waals surface area (Å²) < 4.78 is 0.912. The highest BCUT2D eigenvalue weighted by Crippen LogP contribution is 2.17. The fourth-order valence-electron chi connectivity index (χ4n) is 1.27. The number of hydrogen-bond donors (Lipinski definition) is 1. The van der Waals surface area contributed by atoms with Crippen molar-refractivity contribution >= 4 is 27.6 Å². The van der Waals surface area contributed by atoms with Gasteiger partial charge in [0.25, 0.3) is 0 Å². The summed E-state index contributed by atoms with van der Waals surface area (Å²) in [5, 5.41) is 12.4. The molecule has 5 heteroatoms. The van der Waals surface area contributed by atoms with Crippen LogP contribution in [-0.4, -0.2) is 23.9 Å². The Kier molecular flexibility index (Phi) is 4.49. The van der Waals surface area contributed by atoms with Crippen LogP contribution < -0.4 is 0 Å². The number of carboxylic acid groups (broad SMARTS) is 1. The van der Waals surface area contributed by atoms with Crippen molar-refractivity contribution in [1.82, 2.24) is 0 Å². The summed E-state index contributed by atoms with van der Waals surface area (Å²) >= 11 is 3.34. The molecule has 0 spiro atoms. The number of nitrogens with zero attached hydrogens (tertiary/aromatic N) is 1. The van der Waals surface area contributed by atoms with Gasteiger partial charge < -0.3 is 9.94 Å². The van der Waals surface area contributed by atoms with Gasteiger partial charge in [-0.3, -0.25) is 0 Å². The Hall–Kier alpha value is -1.36. The smallest absolute Gasteiger partial charge is 0.354 e. The first kappa shape index (κ1) is 12.7. The highest BCUT2D eigenvalue weighted by Gasteiger charge is 2.13. The van der Waals surface area contributed by atoms with E-state index in [0.29, 0.717) is 0 Å². The number of aliphatic carboxylic acids is 1. The molecule has 4 nitrogen and oxygen atoms in total. The SMILES string of the molecule is CO/N=C(\Cc1cc(Br)ccc1C)C(=O)O. The second-order valence-corrected chi connectivity index (χ2v) is 4.19. The van der Waals surface area contributed by atoms with Crippen molar-refractivity contribution in [2.24, 2.45) is 5.16 Å². The van der Waals surface area contributed by atoms with Crippen molar-refractivity contribution in [3.63, 3.8) is 0 Å². The lowest BCUT2D eigenvalue weighted by Crippen LogP contribution is -2.16. The average molecular weight is 286 g/mol. The van der Waals surface area contributed by atoms with E-state index < -0.39 is 5.97 Å².